The molecule has 1 atom stereocenters. The van der Waals surface area contributed by atoms with Crippen LogP contribution in [0.15, 0.2) is 54.6 Å². The number of nitrogens with zero attached hydrogens (tertiary/aromatic N) is 3. The van der Waals surface area contributed by atoms with Crippen molar-refractivity contribution in [3.05, 3.63) is 60.2 Å². The van der Waals surface area contributed by atoms with Gasteiger partial charge in [0.15, 0.2) is 11.5 Å². The minimum Gasteiger partial charge on any atom is -0.493 e. The van der Waals surface area contributed by atoms with Crippen molar-refractivity contribution < 1.29 is 19.0 Å². The minimum absolute atomic E-state index is 0.0257. The average molecular weight is 479 g/mol. The molecule has 4 rings (SSSR count). The molecule has 3 aromatic rings. The van der Waals surface area contributed by atoms with Gasteiger partial charge in [-0.05, 0) is 31.4 Å². The summed E-state index contributed by atoms with van der Waals surface area (Å²) in [6.45, 7) is 4.23. The summed E-state index contributed by atoms with van der Waals surface area (Å²) in [5, 5.41) is 7.82. The highest BCUT2D eigenvalue weighted by Crippen LogP contribution is 2.37. The second kappa shape index (κ2) is 11.8. The molecule has 35 heavy (non-hydrogen) atoms. The van der Waals surface area contributed by atoms with Crippen molar-refractivity contribution in [3.8, 4) is 28.6 Å². The second-order valence-electron chi connectivity index (χ2n) is 8.62. The maximum Gasteiger partial charge on any atom is 0.317 e. The van der Waals surface area contributed by atoms with Gasteiger partial charge in [-0.15, -0.1) is 0 Å². The Bertz CT molecular complexity index is 1110. The molecule has 1 unspecified atom stereocenters. The zero-order valence-corrected chi connectivity index (χ0v) is 20.7. The van der Waals surface area contributed by atoms with Crippen LogP contribution >= 0.6 is 0 Å². The van der Waals surface area contributed by atoms with Gasteiger partial charge in [0.05, 0.1) is 25.3 Å². The van der Waals surface area contributed by atoms with E-state index in [-0.39, 0.29) is 12.1 Å². The van der Waals surface area contributed by atoms with Gasteiger partial charge in [0.1, 0.15) is 5.69 Å². The van der Waals surface area contributed by atoms with Crippen molar-refractivity contribution in [2.24, 2.45) is 7.05 Å². The van der Waals surface area contributed by atoms with E-state index in [1.807, 2.05) is 73.5 Å². The van der Waals surface area contributed by atoms with Crippen LogP contribution < -0.4 is 14.8 Å². The van der Waals surface area contributed by atoms with Gasteiger partial charge in [-0.1, -0.05) is 49.4 Å². The van der Waals surface area contributed by atoms with E-state index in [1.54, 1.807) is 11.8 Å². The number of hydrogen-bond donors (Lipinski definition) is 1. The minimum atomic E-state index is -0.117. The molecule has 1 saturated heterocycles. The Morgan fingerprint density at radius 3 is 2.60 bits per heavy atom. The Kier molecular flexibility index (Phi) is 8.26. The van der Waals surface area contributed by atoms with Crippen LogP contribution in [0.1, 0.15) is 31.7 Å². The lowest BCUT2D eigenvalue weighted by molar-refractivity contribution is 0.0793. The van der Waals surface area contributed by atoms with Crippen LogP contribution in [0, 0.1) is 0 Å². The van der Waals surface area contributed by atoms with E-state index in [1.165, 1.54) is 0 Å². The second-order valence-corrected chi connectivity index (χ2v) is 8.62. The van der Waals surface area contributed by atoms with E-state index >= 15 is 0 Å². The number of nitrogens with one attached hydrogen (secondary N) is 1. The standard InChI is InChI=1S/C27H34N4O4/c1-4-16-28-27(32)31(18-21-13-10-17-34-21)19-22-25(20-11-6-5-7-12-20)29-30(2)26(22)35-24-15-9-8-14-23(24)33-3/h5-9,11-12,14-15,21H,4,10,13,16-19H2,1-3H3,(H,28,32). The number of para-hydroxylation sites is 2. The molecule has 1 aliphatic rings. The molecule has 2 heterocycles. The van der Waals surface area contributed by atoms with Gasteiger partial charge < -0.3 is 24.4 Å². The van der Waals surface area contributed by atoms with E-state index in [4.69, 9.17) is 19.3 Å². The van der Waals surface area contributed by atoms with Gasteiger partial charge in [-0.25, -0.2) is 9.48 Å². The molecule has 0 saturated carbocycles. The molecule has 1 aliphatic heterocycles. The van der Waals surface area contributed by atoms with Crippen LogP contribution in [0.25, 0.3) is 11.3 Å². The molecule has 2 amide bonds. The molecule has 1 fully saturated rings. The van der Waals surface area contributed by atoms with Gasteiger partial charge in [0.2, 0.25) is 5.88 Å². The summed E-state index contributed by atoms with van der Waals surface area (Å²) in [5.41, 5.74) is 2.56. The number of carbonyl (C=O) groups excluding carboxylic acids is 1. The van der Waals surface area contributed by atoms with Crippen molar-refractivity contribution in [1.29, 1.82) is 0 Å². The third-order valence-electron chi connectivity index (χ3n) is 6.02. The SMILES string of the molecule is CCCNC(=O)N(Cc1c(-c2ccccc2)nn(C)c1Oc1ccccc1OC)CC1CCCO1. The van der Waals surface area contributed by atoms with Crippen LogP contribution in [0.2, 0.25) is 0 Å². The zero-order chi connectivity index (χ0) is 24.6. The van der Waals surface area contributed by atoms with Crippen LogP contribution in [0.5, 0.6) is 17.4 Å². The van der Waals surface area contributed by atoms with E-state index in [2.05, 4.69) is 5.32 Å². The van der Waals surface area contributed by atoms with Gasteiger partial charge in [0, 0.05) is 32.3 Å². The first kappa shape index (κ1) is 24.6. The molecule has 186 valence electrons. The van der Waals surface area contributed by atoms with Crippen molar-refractivity contribution in [2.45, 2.75) is 38.8 Å². The first-order valence-corrected chi connectivity index (χ1v) is 12.2. The number of hydrogen-bond acceptors (Lipinski definition) is 5. The van der Waals surface area contributed by atoms with Crippen molar-refractivity contribution in [3.63, 3.8) is 0 Å². The van der Waals surface area contributed by atoms with Gasteiger partial charge in [-0.2, -0.15) is 5.10 Å². The number of carbonyl (C=O) groups is 1. The summed E-state index contributed by atoms with van der Waals surface area (Å²) < 4.78 is 19.5. The third-order valence-corrected chi connectivity index (χ3v) is 6.02. The lowest BCUT2D eigenvalue weighted by Crippen LogP contribution is -2.43. The summed E-state index contributed by atoms with van der Waals surface area (Å²) in [5.74, 6) is 1.77. The monoisotopic (exact) mass is 478 g/mol. The number of aryl methyl sites for hydroxylation is 1. The fourth-order valence-electron chi connectivity index (χ4n) is 4.25. The lowest BCUT2D eigenvalue weighted by atomic mass is 10.1. The van der Waals surface area contributed by atoms with Crippen LogP contribution in [-0.4, -0.2) is 53.6 Å². The molecule has 0 aliphatic carbocycles. The highest BCUT2D eigenvalue weighted by atomic mass is 16.5. The first-order valence-electron chi connectivity index (χ1n) is 12.2. The number of benzene rings is 2. The fourth-order valence-corrected chi connectivity index (χ4v) is 4.25. The number of rotatable bonds is 10. The third kappa shape index (κ3) is 5.95. The Morgan fingerprint density at radius 2 is 1.91 bits per heavy atom. The van der Waals surface area contributed by atoms with Crippen molar-refractivity contribution in [2.75, 3.05) is 26.8 Å². The van der Waals surface area contributed by atoms with Crippen LogP contribution in [0.3, 0.4) is 0 Å². The Labute approximate surface area is 206 Å². The first-order chi connectivity index (χ1) is 17.1. The molecule has 1 aromatic heterocycles. The van der Waals surface area contributed by atoms with Gasteiger partial charge >= 0.3 is 6.03 Å². The Morgan fingerprint density at radius 1 is 1.17 bits per heavy atom. The number of amides is 2. The number of aromatic nitrogens is 2. The van der Waals surface area contributed by atoms with Crippen molar-refractivity contribution in [1.82, 2.24) is 20.0 Å². The Balaban J connectivity index is 1.73. The number of urea groups is 1. The quantitative estimate of drug-likeness (QED) is 0.444. The van der Waals surface area contributed by atoms with E-state index < -0.39 is 0 Å². The average Bonchev–Trinajstić information content (AvgIpc) is 3.51. The van der Waals surface area contributed by atoms with E-state index in [0.717, 1.165) is 42.7 Å². The van der Waals surface area contributed by atoms with E-state index in [0.29, 0.717) is 37.0 Å². The molecule has 2 aromatic carbocycles. The van der Waals surface area contributed by atoms with Gasteiger partial charge in [-0.3, -0.25) is 0 Å². The molecule has 1 N–H and O–H groups in total. The smallest absolute Gasteiger partial charge is 0.317 e. The maximum absolute atomic E-state index is 13.2. The van der Waals surface area contributed by atoms with E-state index in [9.17, 15) is 4.79 Å². The molecular formula is C27H34N4O4. The molecule has 8 nitrogen and oxygen atoms in total. The molecular weight excluding hydrogens is 444 g/mol. The fraction of sp³-hybridized carbons (Fsp3) is 0.407. The predicted octanol–water partition coefficient (Wildman–Crippen LogP) is 4.99. The molecule has 0 radical (unpaired) electrons. The van der Waals surface area contributed by atoms with Crippen molar-refractivity contribution >= 4 is 6.03 Å². The maximum atomic E-state index is 13.2. The van der Waals surface area contributed by atoms with Gasteiger partial charge in [0.25, 0.3) is 0 Å². The predicted molar refractivity (Wildman–Crippen MR) is 135 cm³/mol. The Hall–Kier alpha value is -3.52. The normalized spacial score (nSPS) is 15.1. The largest absolute Gasteiger partial charge is 0.493 e. The number of ether oxygens (including phenoxy) is 3. The lowest BCUT2D eigenvalue weighted by Gasteiger charge is -2.26. The topological polar surface area (TPSA) is 77.9 Å². The van der Waals surface area contributed by atoms with Crippen LogP contribution in [0.4, 0.5) is 4.79 Å². The highest BCUT2D eigenvalue weighted by Gasteiger charge is 2.28. The van der Waals surface area contributed by atoms with Crippen LogP contribution in [-0.2, 0) is 18.3 Å². The zero-order valence-electron chi connectivity index (χ0n) is 20.7. The molecule has 0 spiro atoms. The highest BCUT2D eigenvalue weighted by molar-refractivity contribution is 5.75. The summed E-state index contributed by atoms with van der Waals surface area (Å²) >= 11 is 0. The molecule has 0 bridgehead atoms. The summed E-state index contributed by atoms with van der Waals surface area (Å²) in [6.07, 6.45) is 2.85. The molecule has 8 heteroatoms. The summed E-state index contributed by atoms with van der Waals surface area (Å²) in [7, 11) is 3.46. The summed E-state index contributed by atoms with van der Waals surface area (Å²) in [6, 6.07) is 17.3. The number of methoxy groups -OCH3 is 1. The summed E-state index contributed by atoms with van der Waals surface area (Å²) in [4.78, 5) is 15.0.